The van der Waals surface area contributed by atoms with Crippen molar-refractivity contribution in [2.45, 2.75) is 45.1 Å². The maximum atomic E-state index is 12.3. The van der Waals surface area contributed by atoms with Gasteiger partial charge in [0, 0.05) is 6.04 Å². The van der Waals surface area contributed by atoms with E-state index in [0.717, 1.165) is 18.4 Å². The lowest BCUT2D eigenvalue weighted by molar-refractivity contribution is 0.460. The molecule has 0 unspecified atom stereocenters. The molecule has 1 aliphatic rings. The van der Waals surface area contributed by atoms with Gasteiger partial charge in [-0.1, -0.05) is 43.0 Å². The summed E-state index contributed by atoms with van der Waals surface area (Å²) < 4.78 is 1.39. The molecular formula is C16H19ClN4O. The molecule has 3 rings (SSSR count). The number of nitrogens with one attached hydrogen (secondary N) is 1. The molecule has 0 amide bonds. The SMILES string of the molecule is Cc1cccc(Cl)c1-n1cnc(NC2CCCCC2)nc1=O. The van der Waals surface area contributed by atoms with Gasteiger partial charge in [-0.2, -0.15) is 4.98 Å². The first-order chi connectivity index (χ1) is 10.6. The zero-order chi connectivity index (χ0) is 15.5. The molecule has 0 saturated heterocycles. The Labute approximate surface area is 134 Å². The zero-order valence-electron chi connectivity index (χ0n) is 12.6. The quantitative estimate of drug-likeness (QED) is 0.943. The molecular weight excluding hydrogens is 300 g/mol. The van der Waals surface area contributed by atoms with Crippen molar-refractivity contribution >= 4 is 17.5 Å². The van der Waals surface area contributed by atoms with E-state index in [1.807, 2.05) is 19.1 Å². The van der Waals surface area contributed by atoms with Crippen LogP contribution < -0.4 is 11.0 Å². The molecule has 1 aromatic heterocycles. The van der Waals surface area contributed by atoms with Crippen molar-refractivity contribution in [3.8, 4) is 5.69 Å². The van der Waals surface area contributed by atoms with Crippen LogP contribution in [0.4, 0.5) is 5.95 Å². The fraction of sp³-hybridized carbons (Fsp3) is 0.438. The number of anilines is 1. The van der Waals surface area contributed by atoms with Gasteiger partial charge < -0.3 is 5.32 Å². The van der Waals surface area contributed by atoms with Crippen LogP contribution in [0.15, 0.2) is 29.3 Å². The van der Waals surface area contributed by atoms with Gasteiger partial charge in [-0.3, -0.25) is 0 Å². The highest BCUT2D eigenvalue weighted by molar-refractivity contribution is 6.32. The van der Waals surface area contributed by atoms with Crippen LogP contribution in [0.25, 0.3) is 5.69 Å². The molecule has 0 aliphatic heterocycles. The van der Waals surface area contributed by atoms with Crippen molar-refractivity contribution in [2.75, 3.05) is 5.32 Å². The maximum Gasteiger partial charge on any atom is 0.356 e. The molecule has 22 heavy (non-hydrogen) atoms. The summed E-state index contributed by atoms with van der Waals surface area (Å²) in [7, 11) is 0. The summed E-state index contributed by atoms with van der Waals surface area (Å²) in [4.78, 5) is 20.6. The molecule has 1 saturated carbocycles. The van der Waals surface area contributed by atoms with E-state index in [9.17, 15) is 4.79 Å². The fourth-order valence-corrected chi connectivity index (χ4v) is 3.23. The number of hydrogen-bond donors (Lipinski definition) is 1. The lowest BCUT2D eigenvalue weighted by atomic mass is 9.96. The van der Waals surface area contributed by atoms with Crippen molar-refractivity contribution in [1.82, 2.24) is 14.5 Å². The van der Waals surface area contributed by atoms with Crippen LogP contribution in [0.3, 0.4) is 0 Å². The van der Waals surface area contributed by atoms with Crippen molar-refractivity contribution in [3.05, 3.63) is 45.6 Å². The Hall–Kier alpha value is -1.88. The molecule has 0 atom stereocenters. The third kappa shape index (κ3) is 3.14. The molecule has 0 spiro atoms. The molecule has 1 N–H and O–H groups in total. The minimum atomic E-state index is -0.371. The van der Waals surface area contributed by atoms with Gasteiger partial charge >= 0.3 is 5.69 Å². The molecule has 5 nitrogen and oxygen atoms in total. The van der Waals surface area contributed by atoms with Crippen LogP contribution in [-0.2, 0) is 0 Å². The average Bonchev–Trinajstić information content (AvgIpc) is 2.50. The lowest BCUT2D eigenvalue weighted by Crippen LogP contribution is -2.28. The Bertz CT molecular complexity index is 702. The molecule has 2 aromatic rings. The number of halogens is 1. The number of rotatable bonds is 3. The first-order valence-corrected chi connectivity index (χ1v) is 8.00. The monoisotopic (exact) mass is 318 g/mol. The summed E-state index contributed by atoms with van der Waals surface area (Å²) >= 11 is 6.20. The van der Waals surface area contributed by atoms with Gasteiger partial charge in [0.2, 0.25) is 5.95 Å². The number of nitrogens with zero attached hydrogens (tertiary/aromatic N) is 3. The Morgan fingerprint density at radius 3 is 2.73 bits per heavy atom. The van der Waals surface area contributed by atoms with Gasteiger partial charge in [0.1, 0.15) is 6.33 Å². The van der Waals surface area contributed by atoms with Gasteiger partial charge in [0.25, 0.3) is 0 Å². The van der Waals surface area contributed by atoms with Crippen LogP contribution in [0.2, 0.25) is 5.02 Å². The summed E-state index contributed by atoms with van der Waals surface area (Å²) in [6, 6.07) is 5.88. The highest BCUT2D eigenvalue weighted by Gasteiger charge is 2.15. The number of aryl methyl sites for hydroxylation is 1. The van der Waals surface area contributed by atoms with Crippen molar-refractivity contribution in [1.29, 1.82) is 0 Å². The van der Waals surface area contributed by atoms with E-state index in [2.05, 4.69) is 15.3 Å². The molecule has 0 bridgehead atoms. The third-order valence-corrected chi connectivity index (χ3v) is 4.38. The summed E-state index contributed by atoms with van der Waals surface area (Å²) in [5, 5.41) is 3.77. The molecule has 1 aliphatic carbocycles. The van der Waals surface area contributed by atoms with Gasteiger partial charge in [-0.25, -0.2) is 14.3 Å². The summed E-state index contributed by atoms with van der Waals surface area (Å²) in [6.07, 6.45) is 7.42. The van der Waals surface area contributed by atoms with Crippen molar-refractivity contribution < 1.29 is 0 Å². The third-order valence-electron chi connectivity index (χ3n) is 4.07. The minimum Gasteiger partial charge on any atom is -0.351 e. The first kappa shape index (κ1) is 15.0. The number of benzene rings is 1. The maximum absolute atomic E-state index is 12.3. The topological polar surface area (TPSA) is 59.8 Å². The predicted octanol–water partition coefficient (Wildman–Crippen LogP) is 3.33. The van der Waals surface area contributed by atoms with Crippen LogP contribution in [0.1, 0.15) is 37.7 Å². The summed E-state index contributed by atoms with van der Waals surface area (Å²) in [5.41, 5.74) is 1.18. The molecule has 116 valence electrons. The van der Waals surface area contributed by atoms with E-state index in [4.69, 9.17) is 11.6 Å². The first-order valence-electron chi connectivity index (χ1n) is 7.63. The number of hydrogen-bond acceptors (Lipinski definition) is 4. The van der Waals surface area contributed by atoms with E-state index >= 15 is 0 Å². The second kappa shape index (κ2) is 6.48. The van der Waals surface area contributed by atoms with E-state index in [-0.39, 0.29) is 5.69 Å². The van der Waals surface area contributed by atoms with E-state index in [1.165, 1.54) is 30.2 Å². The molecule has 0 radical (unpaired) electrons. The second-order valence-corrected chi connectivity index (χ2v) is 6.12. The van der Waals surface area contributed by atoms with E-state index in [0.29, 0.717) is 22.7 Å². The summed E-state index contributed by atoms with van der Waals surface area (Å²) in [5.74, 6) is 0.401. The van der Waals surface area contributed by atoms with E-state index < -0.39 is 0 Å². The predicted molar refractivity (Wildman–Crippen MR) is 87.9 cm³/mol. The van der Waals surface area contributed by atoms with Gasteiger partial charge in [0.15, 0.2) is 0 Å². The normalized spacial score (nSPS) is 15.7. The molecule has 1 heterocycles. The number of aromatic nitrogens is 3. The Kier molecular flexibility index (Phi) is 4.43. The summed E-state index contributed by atoms with van der Waals surface area (Å²) in [6.45, 7) is 1.90. The minimum absolute atomic E-state index is 0.367. The Morgan fingerprint density at radius 2 is 2.05 bits per heavy atom. The average molecular weight is 319 g/mol. The smallest absolute Gasteiger partial charge is 0.351 e. The van der Waals surface area contributed by atoms with Crippen LogP contribution >= 0.6 is 11.6 Å². The fourth-order valence-electron chi connectivity index (χ4n) is 2.92. The second-order valence-electron chi connectivity index (χ2n) is 5.72. The van der Waals surface area contributed by atoms with Crippen LogP contribution in [0, 0.1) is 6.92 Å². The molecule has 1 fully saturated rings. The highest BCUT2D eigenvalue weighted by Crippen LogP contribution is 2.23. The largest absolute Gasteiger partial charge is 0.356 e. The molecule has 1 aromatic carbocycles. The standard InChI is InChI=1S/C16H19ClN4O/c1-11-6-5-9-13(17)14(11)21-10-18-15(20-16(21)22)19-12-7-3-2-4-8-12/h5-6,9-10,12H,2-4,7-8H2,1H3,(H,19,20,22). The molecule has 6 heteroatoms. The van der Waals surface area contributed by atoms with Crippen molar-refractivity contribution in [3.63, 3.8) is 0 Å². The van der Waals surface area contributed by atoms with Crippen LogP contribution in [0.5, 0.6) is 0 Å². The van der Waals surface area contributed by atoms with E-state index in [1.54, 1.807) is 6.07 Å². The lowest BCUT2D eigenvalue weighted by Gasteiger charge is -2.22. The highest BCUT2D eigenvalue weighted by atomic mass is 35.5. The number of para-hydroxylation sites is 1. The zero-order valence-corrected chi connectivity index (χ0v) is 13.3. The van der Waals surface area contributed by atoms with Gasteiger partial charge in [-0.05, 0) is 31.4 Å². The Balaban J connectivity index is 1.88. The van der Waals surface area contributed by atoms with Gasteiger partial charge in [-0.15, -0.1) is 0 Å². The van der Waals surface area contributed by atoms with Crippen molar-refractivity contribution in [2.24, 2.45) is 0 Å². The van der Waals surface area contributed by atoms with Gasteiger partial charge in [0.05, 0.1) is 10.7 Å². The van der Waals surface area contributed by atoms with Crippen LogP contribution in [-0.4, -0.2) is 20.6 Å². The Morgan fingerprint density at radius 1 is 1.27 bits per heavy atom.